The van der Waals surface area contributed by atoms with Crippen molar-refractivity contribution >= 4 is 23.4 Å². The van der Waals surface area contributed by atoms with E-state index in [0.29, 0.717) is 46.2 Å². The Labute approximate surface area is 236 Å². The van der Waals surface area contributed by atoms with Crippen LogP contribution in [0.3, 0.4) is 0 Å². The number of aromatic hydroxyl groups is 1. The predicted octanol–water partition coefficient (Wildman–Crippen LogP) is 6.36. The molecular weight excluding hydrogens is 532 g/mol. The molecule has 1 aliphatic rings. The zero-order valence-electron chi connectivity index (χ0n) is 22.0. The van der Waals surface area contributed by atoms with Crippen LogP contribution < -0.4 is 18.9 Å². The Bertz CT molecular complexity index is 1550. The number of hydrogen-bond donors (Lipinski definition) is 1. The lowest BCUT2D eigenvalue weighted by molar-refractivity contribution is -0.135. The highest BCUT2D eigenvalue weighted by Gasteiger charge is 2.35. The summed E-state index contributed by atoms with van der Waals surface area (Å²) >= 11 is 5.98. The maximum Gasteiger partial charge on any atom is 0.312 e. The Morgan fingerprint density at radius 3 is 2.42 bits per heavy atom. The van der Waals surface area contributed by atoms with Crippen molar-refractivity contribution in [2.75, 3.05) is 20.8 Å². The van der Waals surface area contributed by atoms with Gasteiger partial charge in [0.2, 0.25) is 0 Å². The van der Waals surface area contributed by atoms with Crippen molar-refractivity contribution in [3.05, 3.63) is 112 Å². The topological polar surface area (TPSA) is 91.3 Å². The number of rotatable bonds is 9. The van der Waals surface area contributed by atoms with Crippen LogP contribution in [0.1, 0.15) is 45.0 Å². The van der Waals surface area contributed by atoms with Crippen LogP contribution in [0.25, 0.3) is 0 Å². The van der Waals surface area contributed by atoms with Gasteiger partial charge in [-0.1, -0.05) is 35.9 Å². The molecule has 1 aliphatic heterocycles. The number of esters is 1. The number of ketones is 1. The van der Waals surface area contributed by atoms with E-state index in [2.05, 4.69) is 0 Å². The Kier molecular flexibility index (Phi) is 7.94. The third-order valence-corrected chi connectivity index (χ3v) is 7.12. The molecule has 1 heterocycles. The molecule has 1 N–H and O–H groups in total. The van der Waals surface area contributed by atoms with E-state index >= 15 is 0 Å². The van der Waals surface area contributed by atoms with Gasteiger partial charge in [0.25, 0.3) is 0 Å². The quantitative estimate of drug-likeness (QED) is 0.145. The number of carbonyl (C=O) groups excluding carboxylic acids is 2. The van der Waals surface area contributed by atoms with Crippen molar-refractivity contribution < 1.29 is 33.6 Å². The Morgan fingerprint density at radius 2 is 1.73 bits per heavy atom. The Balaban J connectivity index is 1.50. The minimum atomic E-state index is -0.639. The minimum absolute atomic E-state index is 0.0544. The molecule has 0 aromatic heterocycles. The average molecular weight is 559 g/mol. The third kappa shape index (κ3) is 5.46. The molecule has 5 rings (SSSR count). The summed E-state index contributed by atoms with van der Waals surface area (Å²) in [6, 6.07) is 22.5. The number of para-hydroxylation sites is 1. The minimum Gasteiger partial charge on any atom is -0.507 e. The maximum absolute atomic E-state index is 13.3. The van der Waals surface area contributed by atoms with Crippen molar-refractivity contribution in [2.45, 2.75) is 18.8 Å². The van der Waals surface area contributed by atoms with Crippen LogP contribution in [0.4, 0.5) is 0 Å². The van der Waals surface area contributed by atoms with Crippen molar-refractivity contribution in [1.29, 1.82) is 0 Å². The van der Waals surface area contributed by atoms with E-state index in [0.717, 1.165) is 11.3 Å². The first-order valence-corrected chi connectivity index (χ1v) is 13.1. The number of halogens is 1. The van der Waals surface area contributed by atoms with Gasteiger partial charge in [-0.15, -0.1) is 0 Å². The van der Waals surface area contributed by atoms with Gasteiger partial charge < -0.3 is 24.1 Å². The molecule has 0 amide bonds. The Hall–Kier alpha value is -4.49. The van der Waals surface area contributed by atoms with E-state index < -0.39 is 11.9 Å². The van der Waals surface area contributed by atoms with E-state index in [4.69, 9.17) is 30.5 Å². The number of phenolic OH excluding ortho intramolecular Hbond substituents is 1. The van der Waals surface area contributed by atoms with Crippen LogP contribution in [0.5, 0.6) is 28.7 Å². The number of fused-ring (bicyclic) bond motifs is 1. The lowest BCUT2D eigenvalue weighted by Crippen LogP contribution is -2.22. The molecule has 0 bridgehead atoms. The molecule has 4 aromatic rings. The lowest BCUT2D eigenvalue weighted by atomic mass is 9.83. The fourth-order valence-electron chi connectivity index (χ4n) is 4.84. The molecule has 0 unspecified atom stereocenters. The summed E-state index contributed by atoms with van der Waals surface area (Å²) in [5, 5.41) is 11.9. The van der Waals surface area contributed by atoms with Gasteiger partial charge in [-0.3, -0.25) is 9.59 Å². The molecular formula is C32H27ClO7. The van der Waals surface area contributed by atoms with Crippen LogP contribution >= 0.6 is 11.6 Å². The van der Waals surface area contributed by atoms with Crippen molar-refractivity contribution in [3.63, 3.8) is 0 Å². The smallest absolute Gasteiger partial charge is 0.312 e. The van der Waals surface area contributed by atoms with Crippen molar-refractivity contribution in [2.24, 2.45) is 0 Å². The van der Waals surface area contributed by atoms with Gasteiger partial charge in [-0.25, -0.2) is 0 Å². The first kappa shape index (κ1) is 27.1. The van der Waals surface area contributed by atoms with Crippen molar-refractivity contribution in [1.82, 2.24) is 0 Å². The molecule has 1 atom stereocenters. The van der Waals surface area contributed by atoms with E-state index in [1.165, 1.54) is 12.1 Å². The number of ether oxygens (including phenoxy) is 4. The molecule has 0 saturated heterocycles. The summed E-state index contributed by atoms with van der Waals surface area (Å²) in [6.45, 7) is 0.338. The SMILES string of the molecule is COc1ccc(CCOc2c(OC)cccc2[C@H]2CC(=O)Oc3ccc(C(=O)c4ccc(Cl)cc4)c(O)c32)cc1. The highest BCUT2D eigenvalue weighted by atomic mass is 35.5. The van der Waals surface area contributed by atoms with E-state index in [1.54, 1.807) is 50.6 Å². The Morgan fingerprint density at radius 1 is 0.975 bits per heavy atom. The standard InChI is InChI=1S/C32H27ClO7/c1-37-22-12-6-19(7-13-22)16-17-39-32-23(4-3-5-27(32)38-2)25-18-28(34)40-26-15-14-24(31(36)29(25)26)30(35)20-8-10-21(33)11-9-20/h3-15,25,36H,16-18H2,1-2H3/t25-/m1/s1. The monoisotopic (exact) mass is 558 g/mol. The molecule has 204 valence electrons. The summed E-state index contributed by atoms with van der Waals surface area (Å²) in [6.07, 6.45) is 0.566. The number of benzene rings is 4. The average Bonchev–Trinajstić information content (AvgIpc) is 2.97. The number of hydrogen-bond acceptors (Lipinski definition) is 7. The molecule has 0 aliphatic carbocycles. The highest BCUT2D eigenvalue weighted by molar-refractivity contribution is 6.30. The van der Waals surface area contributed by atoms with Gasteiger partial charge in [0.1, 0.15) is 17.2 Å². The molecule has 7 nitrogen and oxygen atoms in total. The van der Waals surface area contributed by atoms with Gasteiger partial charge in [-0.2, -0.15) is 0 Å². The van der Waals surface area contributed by atoms with Gasteiger partial charge >= 0.3 is 5.97 Å². The molecule has 0 fully saturated rings. The summed E-state index contributed by atoms with van der Waals surface area (Å²) in [5.41, 5.74) is 2.50. The summed E-state index contributed by atoms with van der Waals surface area (Å²) < 4.78 is 22.5. The van der Waals surface area contributed by atoms with Gasteiger partial charge in [0.05, 0.1) is 32.8 Å². The predicted molar refractivity (Wildman–Crippen MR) is 150 cm³/mol. The normalized spacial score (nSPS) is 14.2. The number of carbonyl (C=O) groups is 2. The number of phenols is 1. The first-order chi connectivity index (χ1) is 19.4. The zero-order valence-corrected chi connectivity index (χ0v) is 22.7. The number of methoxy groups -OCH3 is 2. The zero-order chi connectivity index (χ0) is 28.2. The van der Waals surface area contributed by atoms with E-state index in [1.807, 2.05) is 30.3 Å². The fourth-order valence-corrected chi connectivity index (χ4v) is 4.97. The van der Waals surface area contributed by atoms with Gasteiger partial charge in [0.15, 0.2) is 17.3 Å². The third-order valence-electron chi connectivity index (χ3n) is 6.87. The second kappa shape index (κ2) is 11.7. The molecule has 4 aromatic carbocycles. The largest absolute Gasteiger partial charge is 0.507 e. The van der Waals surface area contributed by atoms with Gasteiger partial charge in [0, 0.05) is 34.1 Å². The molecule has 0 radical (unpaired) electrons. The van der Waals surface area contributed by atoms with Crippen LogP contribution in [0.15, 0.2) is 78.9 Å². The summed E-state index contributed by atoms with van der Waals surface area (Å²) in [7, 11) is 3.16. The maximum atomic E-state index is 13.3. The van der Waals surface area contributed by atoms with Gasteiger partial charge in [-0.05, 0) is 60.2 Å². The molecule has 40 heavy (non-hydrogen) atoms. The second-order valence-electron chi connectivity index (χ2n) is 9.27. The van der Waals surface area contributed by atoms with Crippen molar-refractivity contribution in [3.8, 4) is 28.7 Å². The molecule has 0 spiro atoms. The molecule has 0 saturated carbocycles. The summed E-state index contributed by atoms with van der Waals surface area (Å²) in [5.74, 6) is 0.183. The van der Waals surface area contributed by atoms with Crippen LogP contribution in [-0.4, -0.2) is 37.7 Å². The fraction of sp³-hybridized carbons (Fsp3) is 0.188. The van der Waals surface area contributed by atoms with Crippen LogP contribution in [-0.2, 0) is 11.2 Å². The van der Waals surface area contributed by atoms with E-state index in [9.17, 15) is 14.7 Å². The first-order valence-electron chi connectivity index (χ1n) is 12.7. The summed E-state index contributed by atoms with van der Waals surface area (Å²) in [4.78, 5) is 25.9. The second-order valence-corrected chi connectivity index (χ2v) is 9.70. The van der Waals surface area contributed by atoms with Crippen LogP contribution in [0.2, 0.25) is 5.02 Å². The van der Waals surface area contributed by atoms with E-state index in [-0.39, 0.29) is 29.3 Å². The lowest BCUT2D eigenvalue weighted by Gasteiger charge is -2.28. The molecule has 8 heteroatoms. The highest BCUT2D eigenvalue weighted by Crippen LogP contribution is 2.49. The van der Waals surface area contributed by atoms with Crippen LogP contribution in [0, 0.1) is 0 Å².